The Morgan fingerprint density at radius 2 is 1.86 bits per heavy atom. The maximum absolute atomic E-state index is 10.6. The Morgan fingerprint density at radius 1 is 1.21 bits per heavy atom. The molecule has 2 aliphatic rings. The van der Waals surface area contributed by atoms with E-state index in [9.17, 15) is 5.11 Å². The highest BCUT2D eigenvalue weighted by molar-refractivity contribution is 14.0. The second-order valence-corrected chi connectivity index (χ2v) is 7.68. The third-order valence-corrected chi connectivity index (χ3v) is 5.73. The number of methoxy groups -OCH3 is 2. The Labute approximate surface area is 185 Å². The highest BCUT2D eigenvalue weighted by Gasteiger charge is 2.32. The van der Waals surface area contributed by atoms with Crippen LogP contribution in [0.25, 0.3) is 0 Å². The van der Waals surface area contributed by atoms with E-state index in [-0.39, 0.29) is 24.0 Å². The SMILES string of the molecule is CCNC(=NCC1(O)CCCC1)N1CCC(c2cc(OC)cc(OC)c2)C1.I. The molecule has 0 spiro atoms. The van der Waals surface area contributed by atoms with Gasteiger partial charge in [0, 0.05) is 31.6 Å². The summed E-state index contributed by atoms with van der Waals surface area (Å²) in [7, 11) is 3.37. The fraction of sp³-hybridized carbons (Fsp3) is 0.667. The van der Waals surface area contributed by atoms with Crippen LogP contribution in [-0.4, -0.2) is 62.0 Å². The third kappa shape index (κ3) is 5.65. The Balaban J connectivity index is 0.00000280. The van der Waals surface area contributed by atoms with Crippen LogP contribution in [0.3, 0.4) is 0 Å². The lowest BCUT2D eigenvalue weighted by Gasteiger charge is -2.25. The van der Waals surface area contributed by atoms with E-state index in [1.54, 1.807) is 14.2 Å². The maximum atomic E-state index is 10.6. The summed E-state index contributed by atoms with van der Waals surface area (Å²) >= 11 is 0. The smallest absolute Gasteiger partial charge is 0.194 e. The van der Waals surface area contributed by atoms with Gasteiger partial charge in [-0.2, -0.15) is 0 Å². The van der Waals surface area contributed by atoms with Crippen molar-refractivity contribution in [1.82, 2.24) is 10.2 Å². The topological polar surface area (TPSA) is 66.3 Å². The van der Waals surface area contributed by atoms with E-state index in [2.05, 4.69) is 29.3 Å². The summed E-state index contributed by atoms with van der Waals surface area (Å²) in [5, 5.41) is 14.0. The van der Waals surface area contributed by atoms with E-state index in [4.69, 9.17) is 14.5 Å². The highest BCUT2D eigenvalue weighted by Crippen LogP contribution is 2.33. The molecule has 1 heterocycles. The first-order valence-electron chi connectivity index (χ1n) is 10.1. The van der Waals surface area contributed by atoms with Gasteiger partial charge in [0.1, 0.15) is 11.5 Å². The molecular formula is C21H34IN3O3. The van der Waals surface area contributed by atoms with E-state index >= 15 is 0 Å². The number of likely N-dealkylation sites (tertiary alicyclic amines) is 1. The standard InChI is InChI=1S/C21H33N3O3.HI/c1-4-22-20(23-15-21(25)8-5-6-9-21)24-10-7-16(14-24)17-11-18(26-2)13-19(12-17)27-3;/h11-13,16,25H,4-10,14-15H2,1-3H3,(H,22,23);1H. The van der Waals surface area contributed by atoms with Crippen molar-refractivity contribution in [2.24, 2.45) is 4.99 Å². The van der Waals surface area contributed by atoms with Gasteiger partial charge in [0.05, 0.1) is 26.4 Å². The minimum absolute atomic E-state index is 0. The summed E-state index contributed by atoms with van der Waals surface area (Å²) < 4.78 is 10.8. The van der Waals surface area contributed by atoms with Crippen molar-refractivity contribution in [3.05, 3.63) is 23.8 Å². The predicted octanol–water partition coefficient (Wildman–Crippen LogP) is 3.38. The van der Waals surface area contributed by atoms with Crippen LogP contribution >= 0.6 is 24.0 Å². The number of halogens is 1. The quantitative estimate of drug-likeness (QED) is 0.354. The Morgan fingerprint density at radius 3 is 2.43 bits per heavy atom. The number of hydrogen-bond acceptors (Lipinski definition) is 4. The number of guanidine groups is 1. The van der Waals surface area contributed by atoms with Crippen LogP contribution in [0.15, 0.2) is 23.2 Å². The van der Waals surface area contributed by atoms with Gasteiger partial charge in [-0.05, 0) is 43.9 Å². The molecule has 2 fully saturated rings. The van der Waals surface area contributed by atoms with Crippen LogP contribution in [0.1, 0.15) is 50.5 Å². The molecule has 0 aromatic heterocycles. The molecule has 1 atom stereocenters. The lowest BCUT2D eigenvalue weighted by molar-refractivity contribution is 0.0572. The van der Waals surface area contributed by atoms with E-state index in [0.29, 0.717) is 12.5 Å². The largest absolute Gasteiger partial charge is 0.497 e. The van der Waals surface area contributed by atoms with Gasteiger partial charge in [0.25, 0.3) is 0 Å². The molecule has 1 unspecified atom stereocenters. The van der Waals surface area contributed by atoms with Crippen molar-refractivity contribution < 1.29 is 14.6 Å². The second kappa shape index (κ2) is 10.5. The van der Waals surface area contributed by atoms with Gasteiger partial charge in [-0.3, -0.25) is 4.99 Å². The Hall–Kier alpha value is -1.22. The molecule has 1 aliphatic heterocycles. The van der Waals surface area contributed by atoms with Gasteiger partial charge < -0.3 is 24.8 Å². The molecule has 2 N–H and O–H groups in total. The molecule has 1 aliphatic carbocycles. The van der Waals surface area contributed by atoms with Crippen LogP contribution in [0.2, 0.25) is 0 Å². The molecule has 0 amide bonds. The normalized spacial score (nSPS) is 21.4. The summed E-state index contributed by atoms with van der Waals surface area (Å²) in [6.07, 6.45) is 4.99. The minimum atomic E-state index is -0.611. The van der Waals surface area contributed by atoms with Crippen LogP contribution < -0.4 is 14.8 Å². The number of hydrogen-bond donors (Lipinski definition) is 2. The van der Waals surface area contributed by atoms with Crippen molar-refractivity contribution in [1.29, 1.82) is 0 Å². The molecule has 1 aromatic carbocycles. The van der Waals surface area contributed by atoms with Gasteiger partial charge in [0.2, 0.25) is 0 Å². The molecule has 158 valence electrons. The third-order valence-electron chi connectivity index (χ3n) is 5.73. The van der Waals surface area contributed by atoms with E-state index in [1.165, 1.54) is 5.56 Å². The predicted molar refractivity (Wildman–Crippen MR) is 123 cm³/mol. The fourth-order valence-corrected chi connectivity index (χ4v) is 4.13. The summed E-state index contributed by atoms with van der Waals surface area (Å²) in [5.41, 5.74) is 0.624. The number of benzene rings is 1. The fourth-order valence-electron chi connectivity index (χ4n) is 4.13. The zero-order chi connectivity index (χ0) is 19.3. The van der Waals surface area contributed by atoms with Crippen molar-refractivity contribution in [2.45, 2.75) is 50.5 Å². The van der Waals surface area contributed by atoms with Crippen LogP contribution in [0.5, 0.6) is 11.5 Å². The molecule has 28 heavy (non-hydrogen) atoms. The first kappa shape index (κ1) is 23.1. The number of rotatable bonds is 6. The molecule has 3 rings (SSSR count). The van der Waals surface area contributed by atoms with Crippen molar-refractivity contribution in [3.8, 4) is 11.5 Å². The number of ether oxygens (including phenoxy) is 2. The molecule has 1 saturated carbocycles. The molecule has 0 radical (unpaired) electrons. The monoisotopic (exact) mass is 503 g/mol. The van der Waals surface area contributed by atoms with Gasteiger partial charge in [0.15, 0.2) is 5.96 Å². The van der Waals surface area contributed by atoms with E-state index < -0.39 is 5.60 Å². The Bertz CT molecular complexity index is 640. The number of nitrogens with one attached hydrogen (secondary N) is 1. The number of aliphatic hydroxyl groups is 1. The number of aliphatic imine (C=N–C) groups is 1. The van der Waals surface area contributed by atoms with E-state index in [1.807, 2.05) is 6.07 Å². The van der Waals surface area contributed by atoms with Crippen molar-refractivity contribution >= 4 is 29.9 Å². The summed E-state index contributed by atoms with van der Waals surface area (Å²) in [5.74, 6) is 2.97. The van der Waals surface area contributed by atoms with E-state index in [0.717, 1.165) is 69.2 Å². The molecule has 1 aromatic rings. The van der Waals surface area contributed by atoms with Gasteiger partial charge >= 0.3 is 0 Å². The lowest BCUT2D eigenvalue weighted by Crippen LogP contribution is -2.41. The first-order chi connectivity index (χ1) is 13.1. The second-order valence-electron chi connectivity index (χ2n) is 7.68. The average Bonchev–Trinajstić information content (AvgIpc) is 3.34. The Kier molecular flexibility index (Phi) is 8.67. The molecular weight excluding hydrogens is 469 g/mol. The average molecular weight is 503 g/mol. The first-order valence-corrected chi connectivity index (χ1v) is 10.1. The van der Waals surface area contributed by atoms with Crippen molar-refractivity contribution in [2.75, 3.05) is 40.4 Å². The molecule has 1 saturated heterocycles. The molecule has 6 nitrogen and oxygen atoms in total. The van der Waals surface area contributed by atoms with Gasteiger partial charge in [-0.1, -0.05) is 12.8 Å². The molecule has 0 bridgehead atoms. The van der Waals surface area contributed by atoms with Crippen LogP contribution in [-0.2, 0) is 0 Å². The van der Waals surface area contributed by atoms with Gasteiger partial charge in [-0.15, -0.1) is 24.0 Å². The van der Waals surface area contributed by atoms with Crippen molar-refractivity contribution in [3.63, 3.8) is 0 Å². The number of nitrogens with zero attached hydrogens (tertiary/aromatic N) is 2. The van der Waals surface area contributed by atoms with Crippen LogP contribution in [0, 0.1) is 0 Å². The summed E-state index contributed by atoms with van der Waals surface area (Å²) in [6.45, 7) is 5.25. The van der Waals surface area contributed by atoms with Crippen LogP contribution in [0.4, 0.5) is 0 Å². The maximum Gasteiger partial charge on any atom is 0.194 e. The zero-order valence-corrected chi connectivity index (χ0v) is 19.6. The van der Waals surface area contributed by atoms with Gasteiger partial charge in [-0.25, -0.2) is 0 Å². The summed E-state index contributed by atoms with van der Waals surface area (Å²) in [6, 6.07) is 6.11. The lowest BCUT2D eigenvalue weighted by atomic mass is 9.98. The summed E-state index contributed by atoms with van der Waals surface area (Å²) in [4.78, 5) is 7.08. The zero-order valence-electron chi connectivity index (χ0n) is 17.2. The highest BCUT2D eigenvalue weighted by atomic mass is 127. The minimum Gasteiger partial charge on any atom is -0.497 e. The molecule has 7 heteroatoms.